The minimum absolute atomic E-state index is 0.359. The van der Waals surface area contributed by atoms with Crippen molar-refractivity contribution >= 4 is 0 Å². The van der Waals surface area contributed by atoms with Gasteiger partial charge in [-0.05, 0) is 42.9 Å². The van der Waals surface area contributed by atoms with Crippen LogP contribution in [0.2, 0.25) is 0 Å². The summed E-state index contributed by atoms with van der Waals surface area (Å²) in [4.78, 5) is 0. The molecule has 0 aromatic heterocycles. The van der Waals surface area contributed by atoms with Gasteiger partial charge in [0.25, 0.3) is 0 Å². The molecule has 0 heterocycles. The molecule has 0 amide bonds. The van der Waals surface area contributed by atoms with Gasteiger partial charge in [-0.25, -0.2) is 0 Å². The minimum Gasteiger partial charge on any atom is -0.396 e. The Kier molecular flexibility index (Phi) is 3.16. The zero-order valence-corrected chi connectivity index (χ0v) is 9.47. The van der Waals surface area contributed by atoms with Gasteiger partial charge in [0.05, 0.1) is 0 Å². The molecule has 0 spiro atoms. The van der Waals surface area contributed by atoms with Gasteiger partial charge in [0.1, 0.15) is 0 Å². The third kappa shape index (κ3) is 1.71. The highest BCUT2D eigenvalue weighted by atomic mass is 16.3. The molecule has 1 nitrogen and oxygen atoms in total. The van der Waals surface area contributed by atoms with Crippen molar-refractivity contribution in [1.82, 2.24) is 0 Å². The van der Waals surface area contributed by atoms with Crippen LogP contribution in [0.15, 0.2) is 0 Å². The summed E-state index contributed by atoms with van der Waals surface area (Å²) >= 11 is 0. The summed E-state index contributed by atoms with van der Waals surface area (Å²) in [7, 11) is 0. The van der Waals surface area contributed by atoms with Gasteiger partial charge in [-0.3, -0.25) is 0 Å². The maximum absolute atomic E-state index is 9.64. The van der Waals surface area contributed by atoms with Crippen molar-refractivity contribution < 1.29 is 5.11 Å². The third-order valence-electron chi connectivity index (χ3n) is 4.70. The standard InChI is InChI=1S/C13H24O/c1-2-3-4-7-13(10-14)9-11-5-6-12(13)8-11/h11-12,14H,2-10H2,1H3. The van der Waals surface area contributed by atoms with Crippen LogP contribution >= 0.6 is 0 Å². The molecule has 2 rings (SSSR count). The molecule has 0 aliphatic heterocycles. The fourth-order valence-corrected chi connectivity index (χ4v) is 3.86. The Morgan fingerprint density at radius 3 is 2.64 bits per heavy atom. The lowest BCUT2D eigenvalue weighted by Crippen LogP contribution is -2.31. The van der Waals surface area contributed by atoms with Crippen LogP contribution in [0, 0.1) is 17.3 Å². The average molecular weight is 196 g/mol. The summed E-state index contributed by atoms with van der Waals surface area (Å²) < 4.78 is 0. The van der Waals surface area contributed by atoms with Gasteiger partial charge in [-0.2, -0.15) is 0 Å². The third-order valence-corrected chi connectivity index (χ3v) is 4.70. The number of aliphatic hydroxyl groups is 1. The molecular weight excluding hydrogens is 172 g/mol. The molecule has 2 saturated carbocycles. The van der Waals surface area contributed by atoms with Crippen LogP contribution in [-0.4, -0.2) is 11.7 Å². The van der Waals surface area contributed by atoms with Crippen molar-refractivity contribution in [3.05, 3.63) is 0 Å². The molecule has 1 heteroatoms. The van der Waals surface area contributed by atoms with Crippen LogP contribution in [-0.2, 0) is 0 Å². The van der Waals surface area contributed by atoms with Crippen LogP contribution in [0.4, 0.5) is 0 Å². The quantitative estimate of drug-likeness (QED) is 0.668. The van der Waals surface area contributed by atoms with Crippen LogP contribution < -0.4 is 0 Å². The van der Waals surface area contributed by atoms with Gasteiger partial charge in [0, 0.05) is 6.61 Å². The minimum atomic E-state index is 0.359. The van der Waals surface area contributed by atoms with Crippen LogP contribution in [0.25, 0.3) is 0 Å². The topological polar surface area (TPSA) is 20.2 Å². The van der Waals surface area contributed by atoms with E-state index >= 15 is 0 Å². The summed E-state index contributed by atoms with van der Waals surface area (Å²) in [5, 5.41) is 9.64. The highest BCUT2D eigenvalue weighted by molar-refractivity contribution is 4.99. The molecular formula is C13H24O. The Bertz CT molecular complexity index is 190. The molecule has 0 aromatic rings. The highest BCUT2D eigenvalue weighted by Crippen LogP contribution is 2.57. The average Bonchev–Trinajstić information content (AvgIpc) is 2.78. The number of fused-ring (bicyclic) bond motifs is 2. The maximum atomic E-state index is 9.64. The first-order valence-electron chi connectivity index (χ1n) is 6.41. The Morgan fingerprint density at radius 2 is 2.14 bits per heavy atom. The number of aliphatic hydroxyl groups excluding tert-OH is 1. The number of hydrogen-bond donors (Lipinski definition) is 1. The van der Waals surface area contributed by atoms with Crippen LogP contribution in [0.5, 0.6) is 0 Å². The summed E-state index contributed by atoms with van der Waals surface area (Å²) in [6, 6.07) is 0. The van der Waals surface area contributed by atoms with E-state index in [4.69, 9.17) is 0 Å². The van der Waals surface area contributed by atoms with Crippen molar-refractivity contribution in [3.8, 4) is 0 Å². The second kappa shape index (κ2) is 4.22. The summed E-state index contributed by atoms with van der Waals surface area (Å²) in [6.45, 7) is 2.71. The van der Waals surface area contributed by atoms with Crippen LogP contribution in [0.1, 0.15) is 58.3 Å². The second-order valence-corrected chi connectivity index (χ2v) is 5.56. The first kappa shape index (κ1) is 10.5. The van der Waals surface area contributed by atoms with E-state index in [0.717, 1.165) is 11.8 Å². The highest BCUT2D eigenvalue weighted by Gasteiger charge is 2.49. The molecule has 2 fully saturated rings. The Hall–Kier alpha value is -0.0400. The van der Waals surface area contributed by atoms with Gasteiger partial charge in [0.15, 0.2) is 0 Å². The lowest BCUT2D eigenvalue weighted by molar-refractivity contribution is 0.0537. The van der Waals surface area contributed by atoms with E-state index in [2.05, 4.69) is 6.92 Å². The number of hydrogen-bond acceptors (Lipinski definition) is 1. The molecule has 2 aliphatic rings. The molecule has 3 unspecified atom stereocenters. The van der Waals surface area contributed by atoms with Crippen molar-refractivity contribution in [1.29, 1.82) is 0 Å². The molecule has 3 atom stereocenters. The van der Waals surface area contributed by atoms with Gasteiger partial charge >= 0.3 is 0 Å². The molecule has 0 saturated heterocycles. The smallest absolute Gasteiger partial charge is 0.0490 e. The van der Waals surface area contributed by atoms with Crippen molar-refractivity contribution in [2.24, 2.45) is 17.3 Å². The van der Waals surface area contributed by atoms with E-state index in [1.165, 1.54) is 51.4 Å². The zero-order chi connectivity index (χ0) is 10.0. The summed E-state index contributed by atoms with van der Waals surface area (Å²) in [5.41, 5.74) is 0.359. The van der Waals surface area contributed by atoms with Crippen molar-refractivity contribution in [2.45, 2.75) is 58.3 Å². The predicted octanol–water partition coefficient (Wildman–Crippen LogP) is 3.37. The molecule has 2 bridgehead atoms. The molecule has 2 aliphatic carbocycles. The van der Waals surface area contributed by atoms with E-state index in [1.807, 2.05) is 0 Å². The SMILES string of the molecule is CCCCCC1(CO)CC2CCC1C2. The predicted molar refractivity (Wildman–Crippen MR) is 59.1 cm³/mol. The van der Waals surface area contributed by atoms with E-state index in [0.29, 0.717) is 12.0 Å². The Labute approximate surface area is 87.9 Å². The first-order valence-corrected chi connectivity index (χ1v) is 6.41. The molecule has 0 radical (unpaired) electrons. The number of rotatable bonds is 5. The molecule has 0 aromatic carbocycles. The number of unbranched alkanes of at least 4 members (excludes halogenated alkanes) is 2. The Balaban J connectivity index is 1.90. The maximum Gasteiger partial charge on any atom is 0.0490 e. The summed E-state index contributed by atoms with van der Waals surface area (Å²) in [6.07, 6.45) is 10.9. The lowest BCUT2D eigenvalue weighted by atomic mass is 9.70. The molecule has 82 valence electrons. The van der Waals surface area contributed by atoms with Crippen molar-refractivity contribution in [3.63, 3.8) is 0 Å². The van der Waals surface area contributed by atoms with E-state index in [9.17, 15) is 5.11 Å². The van der Waals surface area contributed by atoms with Crippen LogP contribution in [0.3, 0.4) is 0 Å². The van der Waals surface area contributed by atoms with E-state index in [-0.39, 0.29) is 0 Å². The zero-order valence-electron chi connectivity index (χ0n) is 9.47. The van der Waals surface area contributed by atoms with Gasteiger partial charge in [-0.1, -0.05) is 32.6 Å². The monoisotopic (exact) mass is 196 g/mol. The van der Waals surface area contributed by atoms with Gasteiger partial charge < -0.3 is 5.11 Å². The normalized spacial score (nSPS) is 40.7. The van der Waals surface area contributed by atoms with E-state index < -0.39 is 0 Å². The fraction of sp³-hybridized carbons (Fsp3) is 1.00. The Morgan fingerprint density at radius 1 is 1.29 bits per heavy atom. The van der Waals surface area contributed by atoms with E-state index in [1.54, 1.807) is 0 Å². The molecule has 14 heavy (non-hydrogen) atoms. The van der Waals surface area contributed by atoms with Gasteiger partial charge in [-0.15, -0.1) is 0 Å². The van der Waals surface area contributed by atoms with Crippen molar-refractivity contribution in [2.75, 3.05) is 6.61 Å². The van der Waals surface area contributed by atoms with Gasteiger partial charge in [0.2, 0.25) is 0 Å². The lowest BCUT2D eigenvalue weighted by Gasteiger charge is -2.36. The largest absolute Gasteiger partial charge is 0.396 e. The second-order valence-electron chi connectivity index (χ2n) is 5.56. The summed E-state index contributed by atoms with van der Waals surface area (Å²) in [5.74, 6) is 1.84. The molecule has 1 N–H and O–H groups in total. The first-order chi connectivity index (χ1) is 6.80. The fourth-order valence-electron chi connectivity index (χ4n) is 3.86.